The van der Waals surface area contributed by atoms with Crippen LogP contribution in [0.15, 0.2) is 36.1 Å². The Morgan fingerprint density at radius 1 is 1.00 bits per heavy atom. The largest absolute Gasteiger partial charge is 0.491 e. The van der Waals surface area contributed by atoms with E-state index in [-0.39, 0.29) is 26.4 Å². The summed E-state index contributed by atoms with van der Waals surface area (Å²) in [4.78, 5) is 11.3. The molecule has 2 aliphatic rings. The van der Waals surface area contributed by atoms with Crippen LogP contribution < -0.4 is 0 Å². The van der Waals surface area contributed by atoms with Crippen molar-refractivity contribution in [2.45, 2.75) is 57.7 Å². The maximum Gasteiger partial charge on any atom is 0.333 e. The molecule has 0 bridgehead atoms. The van der Waals surface area contributed by atoms with Crippen LogP contribution in [0.4, 0.5) is 0 Å². The van der Waals surface area contributed by atoms with Gasteiger partial charge >= 0.3 is 5.97 Å². The van der Waals surface area contributed by atoms with Crippen LogP contribution in [-0.2, 0) is 23.7 Å². The van der Waals surface area contributed by atoms with Gasteiger partial charge in [0, 0.05) is 18.8 Å². The van der Waals surface area contributed by atoms with Crippen LogP contribution in [-0.4, -0.2) is 68.0 Å². The van der Waals surface area contributed by atoms with E-state index in [1.807, 2.05) is 12.2 Å². The SMILES string of the molecule is C=C(C)C(=O)OCC(O)COCC1CCC(COCC(O)COC2=CCCC=C2)CC1. The first kappa shape index (κ1) is 25.6. The summed E-state index contributed by atoms with van der Waals surface area (Å²) in [5, 5.41) is 19.8. The lowest BCUT2D eigenvalue weighted by Gasteiger charge is -2.28. The normalized spacial score (nSPS) is 23.0. The van der Waals surface area contributed by atoms with Crippen molar-refractivity contribution in [3.63, 3.8) is 0 Å². The number of hydrogen-bond donors (Lipinski definition) is 2. The van der Waals surface area contributed by atoms with Crippen LogP contribution in [0.3, 0.4) is 0 Å². The fourth-order valence-electron chi connectivity index (χ4n) is 3.59. The van der Waals surface area contributed by atoms with Crippen LogP contribution >= 0.6 is 0 Å². The molecule has 2 rings (SSSR count). The second-order valence-electron chi connectivity index (χ2n) is 8.55. The van der Waals surface area contributed by atoms with Crippen molar-refractivity contribution in [3.05, 3.63) is 36.1 Å². The first-order valence-corrected chi connectivity index (χ1v) is 11.3. The zero-order valence-electron chi connectivity index (χ0n) is 18.7. The number of hydrogen-bond acceptors (Lipinski definition) is 7. The van der Waals surface area contributed by atoms with E-state index < -0.39 is 18.2 Å². The van der Waals surface area contributed by atoms with Gasteiger partial charge in [-0.1, -0.05) is 12.7 Å². The molecule has 0 aromatic carbocycles. The van der Waals surface area contributed by atoms with E-state index in [0.717, 1.165) is 44.3 Å². The predicted octanol–water partition coefficient (Wildman–Crippen LogP) is 2.92. The molecule has 1 fully saturated rings. The summed E-state index contributed by atoms with van der Waals surface area (Å²) in [6.45, 7) is 6.92. The Morgan fingerprint density at radius 2 is 1.58 bits per heavy atom. The van der Waals surface area contributed by atoms with Crippen molar-refractivity contribution in [3.8, 4) is 0 Å². The van der Waals surface area contributed by atoms with Gasteiger partial charge in [0.05, 0.1) is 13.2 Å². The molecule has 0 aromatic rings. The third-order valence-electron chi connectivity index (χ3n) is 5.45. The van der Waals surface area contributed by atoms with E-state index in [1.54, 1.807) is 6.92 Å². The molecule has 0 aliphatic heterocycles. The summed E-state index contributed by atoms with van der Waals surface area (Å²) in [7, 11) is 0. The lowest BCUT2D eigenvalue weighted by molar-refractivity contribution is -0.143. The molecule has 7 nitrogen and oxygen atoms in total. The smallest absolute Gasteiger partial charge is 0.333 e. The van der Waals surface area contributed by atoms with Crippen LogP contribution in [0.5, 0.6) is 0 Å². The number of rotatable bonds is 14. The Morgan fingerprint density at radius 3 is 2.10 bits per heavy atom. The minimum atomic E-state index is -0.825. The topological polar surface area (TPSA) is 94.5 Å². The van der Waals surface area contributed by atoms with Gasteiger partial charge in [-0.25, -0.2) is 4.79 Å². The van der Waals surface area contributed by atoms with E-state index in [1.165, 1.54) is 0 Å². The maximum absolute atomic E-state index is 11.3. The van der Waals surface area contributed by atoms with Crippen LogP contribution in [0.25, 0.3) is 0 Å². The van der Waals surface area contributed by atoms with Crippen LogP contribution in [0.2, 0.25) is 0 Å². The summed E-state index contributed by atoms with van der Waals surface area (Å²) in [6, 6.07) is 0. The summed E-state index contributed by atoms with van der Waals surface area (Å²) in [5.41, 5.74) is 0.311. The molecule has 0 radical (unpaired) electrons. The number of carbonyl (C=O) groups is 1. The van der Waals surface area contributed by atoms with Gasteiger partial charge < -0.3 is 29.2 Å². The van der Waals surface area contributed by atoms with Gasteiger partial charge in [0.15, 0.2) is 0 Å². The summed E-state index contributed by atoms with van der Waals surface area (Å²) < 4.78 is 21.8. The molecule has 1 saturated carbocycles. The number of aliphatic hydroxyl groups is 2. The highest BCUT2D eigenvalue weighted by atomic mass is 16.5. The molecule has 2 N–H and O–H groups in total. The maximum atomic E-state index is 11.3. The van der Waals surface area contributed by atoms with E-state index in [0.29, 0.717) is 30.6 Å². The second kappa shape index (κ2) is 14.4. The molecule has 0 spiro atoms. The quantitative estimate of drug-likeness (QED) is 0.318. The monoisotopic (exact) mass is 438 g/mol. The highest BCUT2D eigenvalue weighted by molar-refractivity contribution is 5.86. The van der Waals surface area contributed by atoms with Crippen molar-refractivity contribution in [1.29, 1.82) is 0 Å². The molecular weight excluding hydrogens is 400 g/mol. The molecule has 2 unspecified atom stereocenters. The molecule has 2 atom stereocenters. The van der Waals surface area contributed by atoms with E-state index in [2.05, 4.69) is 12.7 Å². The van der Waals surface area contributed by atoms with Crippen LogP contribution in [0, 0.1) is 11.8 Å². The molecule has 0 amide bonds. The van der Waals surface area contributed by atoms with Crippen LogP contribution in [0.1, 0.15) is 45.4 Å². The molecular formula is C24H38O7. The van der Waals surface area contributed by atoms with Crippen molar-refractivity contribution in [2.24, 2.45) is 11.8 Å². The highest BCUT2D eigenvalue weighted by Crippen LogP contribution is 2.29. The lowest BCUT2D eigenvalue weighted by atomic mass is 9.83. The highest BCUT2D eigenvalue weighted by Gasteiger charge is 2.22. The molecule has 0 heterocycles. The van der Waals surface area contributed by atoms with Gasteiger partial charge in [-0.2, -0.15) is 0 Å². The number of carbonyl (C=O) groups excluding carboxylic acids is 1. The average molecular weight is 439 g/mol. The van der Waals surface area contributed by atoms with Gasteiger partial charge in [0.2, 0.25) is 0 Å². The number of esters is 1. The Hall–Kier alpha value is -1.67. The fourth-order valence-corrected chi connectivity index (χ4v) is 3.59. The molecule has 7 heteroatoms. The molecule has 0 saturated heterocycles. The Kier molecular flexibility index (Phi) is 11.9. The third-order valence-corrected chi connectivity index (χ3v) is 5.45. The first-order valence-electron chi connectivity index (χ1n) is 11.3. The van der Waals surface area contributed by atoms with E-state index >= 15 is 0 Å². The molecule has 0 aromatic heterocycles. The van der Waals surface area contributed by atoms with E-state index in [4.69, 9.17) is 18.9 Å². The van der Waals surface area contributed by atoms with E-state index in [9.17, 15) is 15.0 Å². The van der Waals surface area contributed by atoms with Gasteiger partial charge in [-0.05, 0) is 69.4 Å². The standard InChI is InChI=1S/C24H38O7/c1-18(2)24(27)31-17-22(26)15-29-13-20-10-8-19(9-11-20)12-28-14-21(25)16-30-23-6-4-3-5-7-23/h4,6-7,19-22,25-26H,1,3,5,8-17H2,2H3. The summed E-state index contributed by atoms with van der Waals surface area (Å²) >= 11 is 0. The zero-order chi connectivity index (χ0) is 22.5. The molecule has 176 valence electrons. The fraction of sp³-hybridized carbons (Fsp3) is 0.708. The minimum absolute atomic E-state index is 0.0824. The third kappa shape index (κ3) is 11.0. The molecule has 2 aliphatic carbocycles. The number of ether oxygens (including phenoxy) is 4. The number of aliphatic hydroxyl groups excluding tert-OH is 2. The number of allylic oxidation sites excluding steroid dienone is 3. The van der Waals surface area contributed by atoms with Gasteiger partial charge in [-0.3, -0.25) is 0 Å². The molecule has 31 heavy (non-hydrogen) atoms. The average Bonchev–Trinajstić information content (AvgIpc) is 2.77. The second-order valence-corrected chi connectivity index (χ2v) is 8.55. The lowest BCUT2D eigenvalue weighted by Crippen LogP contribution is -2.27. The Balaban J connectivity index is 1.46. The van der Waals surface area contributed by atoms with Gasteiger partial charge in [0.1, 0.15) is 31.2 Å². The predicted molar refractivity (Wildman–Crippen MR) is 117 cm³/mol. The zero-order valence-corrected chi connectivity index (χ0v) is 18.7. The van der Waals surface area contributed by atoms with Crippen molar-refractivity contribution >= 4 is 5.97 Å². The van der Waals surface area contributed by atoms with Gasteiger partial charge in [-0.15, -0.1) is 0 Å². The van der Waals surface area contributed by atoms with Crippen molar-refractivity contribution in [2.75, 3.05) is 39.6 Å². The van der Waals surface area contributed by atoms with Crippen molar-refractivity contribution < 1.29 is 34.0 Å². The van der Waals surface area contributed by atoms with Crippen molar-refractivity contribution in [1.82, 2.24) is 0 Å². The first-order chi connectivity index (χ1) is 14.9. The Bertz CT molecular complexity index is 605. The summed E-state index contributed by atoms with van der Waals surface area (Å²) in [5.74, 6) is 1.29. The Labute approximate surface area is 185 Å². The minimum Gasteiger partial charge on any atom is -0.491 e. The summed E-state index contributed by atoms with van der Waals surface area (Å²) in [6.07, 6.45) is 10.9. The van der Waals surface area contributed by atoms with Gasteiger partial charge in [0.25, 0.3) is 0 Å².